The molecule has 3 aromatic rings. The third kappa shape index (κ3) is 6.04. The van der Waals surface area contributed by atoms with Gasteiger partial charge in [-0.2, -0.15) is 0 Å². The van der Waals surface area contributed by atoms with Gasteiger partial charge in [-0.15, -0.1) is 12.4 Å². The minimum absolute atomic E-state index is 0. The van der Waals surface area contributed by atoms with E-state index in [2.05, 4.69) is 17.9 Å². The Morgan fingerprint density at radius 1 is 1.06 bits per heavy atom. The van der Waals surface area contributed by atoms with Gasteiger partial charge in [0.2, 0.25) is 0 Å². The number of amides is 1. The molecule has 0 aliphatic rings. The van der Waals surface area contributed by atoms with E-state index in [0.29, 0.717) is 17.2 Å². The molecule has 1 heterocycles. The number of benzene rings is 2. The molecular formula is C22H28ClN3O3S2. The van der Waals surface area contributed by atoms with Crippen LogP contribution in [0.25, 0.3) is 10.2 Å². The fourth-order valence-electron chi connectivity index (χ4n) is 3.31. The van der Waals surface area contributed by atoms with E-state index < -0.39 is 9.84 Å². The first-order valence-corrected chi connectivity index (χ1v) is 12.4. The normalized spacial score (nSPS) is 11.5. The minimum Gasteiger partial charge on any atom is -0.309 e. The Morgan fingerprint density at radius 3 is 2.29 bits per heavy atom. The van der Waals surface area contributed by atoms with Crippen molar-refractivity contribution in [1.82, 2.24) is 9.88 Å². The molecule has 31 heavy (non-hydrogen) atoms. The van der Waals surface area contributed by atoms with Crippen LogP contribution in [-0.4, -0.2) is 57.6 Å². The van der Waals surface area contributed by atoms with Gasteiger partial charge in [0.25, 0.3) is 5.91 Å². The number of aromatic nitrogens is 1. The van der Waals surface area contributed by atoms with Crippen LogP contribution in [0, 0.1) is 13.8 Å². The van der Waals surface area contributed by atoms with Crippen LogP contribution in [0.1, 0.15) is 27.9 Å². The van der Waals surface area contributed by atoms with E-state index in [1.54, 1.807) is 17.0 Å². The van der Waals surface area contributed by atoms with Gasteiger partial charge in [-0.25, -0.2) is 13.4 Å². The van der Waals surface area contributed by atoms with E-state index in [-0.39, 0.29) is 23.2 Å². The number of hydrogen-bond donors (Lipinski definition) is 0. The second kappa shape index (κ2) is 10.1. The summed E-state index contributed by atoms with van der Waals surface area (Å²) in [5.41, 5.74) is 3.62. The average Bonchev–Trinajstić information content (AvgIpc) is 3.08. The molecule has 0 saturated carbocycles. The van der Waals surface area contributed by atoms with Crippen molar-refractivity contribution >= 4 is 54.8 Å². The van der Waals surface area contributed by atoms with Gasteiger partial charge in [0.1, 0.15) is 0 Å². The summed E-state index contributed by atoms with van der Waals surface area (Å²) >= 11 is 1.51. The monoisotopic (exact) mass is 481 g/mol. The Kier molecular flexibility index (Phi) is 8.21. The summed E-state index contributed by atoms with van der Waals surface area (Å²) in [6, 6.07) is 10.2. The molecule has 0 unspecified atom stereocenters. The summed E-state index contributed by atoms with van der Waals surface area (Å²) in [6.07, 6.45) is 1.96. The average molecular weight is 482 g/mol. The third-order valence-electron chi connectivity index (χ3n) is 4.80. The topological polar surface area (TPSA) is 70.6 Å². The molecule has 0 fully saturated rings. The molecule has 0 spiro atoms. The van der Waals surface area contributed by atoms with Crippen LogP contribution in [0.3, 0.4) is 0 Å². The summed E-state index contributed by atoms with van der Waals surface area (Å²) in [5.74, 6) is -0.178. The minimum atomic E-state index is -3.31. The number of carbonyl (C=O) groups is 1. The second-order valence-electron chi connectivity index (χ2n) is 7.84. The maximum absolute atomic E-state index is 13.3. The first kappa shape index (κ1) is 25.3. The molecule has 3 rings (SSSR count). The molecule has 1 aromatic heterocycles. The number of thiazole rings is 1. The highest BCUT2D eigenvalue weighted by Crippen LogP contribution is 2.33. The smallest absolute Gasteiger partial charge is 0.260 e. The lowest BCUT2D eigenvalue weighted by Crippen LogP contribution is -2.33. The molecule has 168 valence electrons. The Balaban J connectivity index is 0.00000341. The number of anilines is 1. The highest BCUT2D eigenvalue weighted by molar-refractivity contribution is 7.90. The van der Waals surface area contributed by atoms with Gasteiger partial charge >= 0.3 is 0 Å². The standard InChI is InChI=1S/C22H27N3O3S2.ClH/c1-15-13-16(2)20-19(14-15)23-22(29-20)25(12-6-11-24(3)4)21(26)17-7-9-18(10-8-17)30(5,27)28;/h7-10,13-14H,6,11-12H2,1-5H3;1H. The summed E-state index contributed by atoms with van der Waals surface area (Å²) in [6.45, 7) is 5.47. The molecule has 1 amide bonds. The maximum Gasteiger partial charge on any atom is 0.260 e. The van der Waals surface area contributed by atoms with Gasteiger partial charge < -0.3 is 4.90 Å². The van der Waals surface area contributed by atoms with Gasteiger partial charge in [-0.3, -0.25) is 9.69 Å². The number of sulfone groups is 1. The maximum atomic E-state index is 13.3. The second-order valence-corrected chi connectivity index (χ2v) is 10.8. The van der Waals surface area contributed by atoms with E-state index in [4.69, 9.17) is 4.98 Å². The van der Waals surface area contributed by atoms with Gasteiger partial charge in [-0.05, 0) is 82.4 Å². The van der Waals surface area contributed by atoms with Crippen molar-refractivity contribution in [2.45, 2.75) is 25.2 Å². The van der Waals surface area contributed by atoms with Crippen molar-refractivity contribution in [1.29, 1.82) is 0 Å². The molecule has 0 aliphatic heterocycles. The van der Waals surface area contributed by atoms with Gasteiger partial charge in [0.05, 0.1) is 15.1 Å². The molecule has 0 saturated heterocycles. The SMILES string of the molecule is Cc1cc(C)c2sc(N(CCCN(C)C)C(=O)c3ccc(S(C)(=O)=O)cc3)nc2c1.Cl. The largest absolute Gasteiger partial charge is 0.309 e. The third-order valence-corrected chi connectivity index (χ3v) is 7.16. The molecular weight excluding hydrogens is 454 g/mol. The van der Waals surface area contributed by atoms with Crippen LogP contribution in [-0.2, 0) is 9.84 Å². The fourth-order valence-corrected chi connectivity index (χ4v) is 4.98. The number of carbonyl (C=O) groups excluding carboxylic acids is 1. The molecule has 9 heteroatoms. The lowest BCUT2D eigenvalue weighted by molar-refractivity contribution is 0.0986. The van der Waals surface area contributed by atoms with Crippen molar-refractivity contribution in [3.63, 3.8) is 0 Å². The van der Waals surface area contributed by atoms with Crippen LogP contribution in [0.5, 0.6) is 0 Å². The number of fused-ring (bicyclic) bond motifs is 1. The number of hydrogen-bond acceptors (Lipinski definition) is 6. The van der Waals surface area contributed by atoms with Crippen LogP contribution in [0.4, 0.5) is 5.13 Å². The van der Waals surface area contributed by atoms with E-state index in [9.17, 15) is 13.2 Å². The Labute approximate surface area is 194 Å². The van der Waals surface area contributed by atoms with Gasteiger partial charge in [0, 0.05) is 18.4 Å². The highest BCUT2D eigenvalue weighted by atomic mass is 35.5. The first-order chi connectivity index (χ1) is 14.1. The molecule has 6 nitrogen and oxygen atoms in total. The number of rotatable bonds is 7. The molecule has 2 aromatic carbocycles. The molecule has 0 aliphatic carbocycles. The predicted octanol–water partition coefficient (Wildman–Crippen LogP) is 4.34. The predicted molar refractivity (Wildman–Crippen MR) is 131 cm³/mol. The van der Waals surface area contributed by atoms with E-state index >= 15 is 0 Å². The summed E-state index contributed by atoms with van der Waals surface area (Å²) in [7, 11) is 0.691. The molecule has 0 atom stereocenters. The number of halogens is 1. The number of nitrogens with zero attached hydrogens (tertiary/aromatic N) is 3. The van der Waals surface area contributed by atoms with Crippen LogP contribution >= 0.6 is 23.7 Å². The quantitative estimate of drug-likeness (QED) is 0.502. The van der Waals surface area contributed by atoms with Crippen molar-refractivity contribution in [3.05, 3.63) is 53.1 Å². The van der Waals surface area contributed by atoms with Crippen LogP contribution < -0.4 is 4.90 Å². The highest BCUT2D eigenvalue weighted by Gasteiger charge is 2.22. The van der Waals surface area contributed by atoms with E-state index in [1.165, 1.54) is 23.5 Å². The van der Waals surface area contributed by atoms with Crippen molar-refractivity contribution < 1.29 is 13.2 Å². The summed E-state index contributed by atoms with van der Waals surface area (Å²) < 4.78 is 24.5. The summed E-state index contributed by atoms with van der Waals surface area (Å²) in [4.78, 5) is 22.1. The van der Waals surface area contributed by atoms with Crippen LogP contribution in [0.2, 0.25) is 0 Å². The Hall–Kier alpha value is -2.00. The summed E-state index contributed by atoms with van der Waals surface area (Å²) in [5, 5.41) is 0.662. The van der Waals surface area contributed by atoms with Gasteiger partial charge in [-0.1, -0.05) is 17.4 Å². The zero-order valence-electron chi connectivity index (χ0n) is 18.4. The Morgan fingerprint density at radius 2 is 1.71 bits per heavy atom. The zero-order valence-corrected chi connectivity index (χ0v) is 20.8. The van der Waals surface area contributed by atoms with E-state index in [1.807, 2.05) is 27.1 Å². The lowest BCUT2D eigenvalue weighted by Gasteiger charge is -2.21. The number of aryl methyl sites for hydroxylation is 2. The van der Waals surface area contributed by atoms with Crippen LogP contribution in [0.15, 0.2) is 41.3 Å². The molecule has 0 bridgehead atoms. The zero-order chi connectivity index (χ0) is 22.1. The first-order valence-electron chi connectivity index (χ1n) is 9.71. The van der Waals surface area contributed by atoms with Gasteiger partial charge in [0.15, 0.2) is 15.0 Å². The lowest BCUT2D eigenvalue weighted by atomic mass is 10.1. The van der Waals surface area contributed by atoms with E-state index in [0.717, 1.165) is 40.6 Å². The van der Waals surface area contributed by atoms with Crippen molar-refractivity contribution in [3.8, 4) is 0 Å². The molecule has 0 radical (unpaired) electrons. The van der Waals surface area contributed by atoms with Crippen molar-refractivity contribution in [2.24, 2.45) is 0 Å². The Bertz CT molecular complexity index is 1170. The fraction of sp³-hybridized carbons (Fsp3) is 0.364. The van der Waals surface area contributed by atoms with Crippen molar-refractivity contribution in [2.75, 3.05) is 38.3 Å². The molecule has 0 N–H and O–H groups in total.